The predicted molar refractivity (Wildman–Crippen MR) is 126 cm³/mol. The second-order valence-corrected chi connectivity index (χ2v) is 11.3. The van der Waals surface area contributed by atoms with Crippen molar-refractivity contribution in [3.8, 4) is 0 Å². The minimum Gasteiger partial charge on any atom is -0.330 e. The third-order valence-corrected chi connectivity index (χ3v) is 10.2. The van der Waals surface area contributed by atoms with Gasteiger partial charge in [-0.25, -0.2) is 4.79 Å². The van der Waals surface area contributed by atoms with Crippen LogP contribution in [-0.2, 0) is 19.2 Å². The molecule has 1 aliphatic heterocycles. The Morgan fingerprint density at radius 1 is 0.719 bits per heavy atom. The van der Waals surface area contributed by atoms with Gasteiger partial charge in [0, 0.05) is 12.8 Å². The fourth-order valence-corrected chi connectivity index (χ4v) is 8.49. The van der Waals surface area contributed by atoms with Crippen LogP contribution < -0.4 is 15.9 Å². The van der Waals surface area contributed by atoms with Crippen molar-refractivity contribution >= 4 is 41.0 Å². The van der Waals surface area contributed by atoms with Gasteiger partial charge >= 0.3 is 5.97 Å². The third kappa shape index (κ3) is 4.49. The molecule has 0 saturated carbocycles. The highest BCUT2D eigenvalue weighted by Crippen LogP contribution is 2.55. The summed E-state index contributed by atoms with van der Waals surface area (Å²) in [6, 6.07) is 31.3. The van der Waals surface area contributed by atoms with Crippen LogP contribution in [0.15, 0.2) is 91.0 Å². The van der Waals surface area contributed by atoms with Crippen molar-refractivity contribution < 1.29 is 19.2 Å². The van der Waals surface area contributed by atoms with Crippen LogP contribution in [0.25, 0.3) is 0 Å². The van der Waals surface area contributed by atoms with Crippen LogP contribution >= 0.6 is 7.26 Å². The number of amides is 2. The minimum absolute atomic E-state index is 0.0940. The fourth-order valence-electron chi connectivity index (χ4n) is 4.15. The summed E-state index contributed by atoms with van der Waals surface area (Å²) in [6.45, 7) is 0. The molecule has 1 aliphatic rings. The van der Waals surface area contributed by atoms with Gasteiger partial charge in [0.2, 0.25) is 0 Å². The summed E-state index contributed by atoms with van der Waals surface area (Å²) in [5.74, 6) is -1.47. The molecule has 0 unspecified atom stereocenters. The van der Waals surface area contributed by atoms with Crippen LogP contribution in [0.5, 0.6) is 0 Å². The van der Waals surface area contributed by atoms with Crippen molar-refractivity contribution in [3.05, 3.63) is 91.0 Å². The fraction of sp³-hybridized carbons (Fsp3) is 0.192. The van der Waals surface area contributed by atoms with E-state index in [1.807, 2.05) is 18.2 Å². The van der Waals surface area contributed by atoms with Crippen molar-refractivity contribution in [2.75, 3.05) is 6.16 Å². The number of hydrogen-bond acceptors (Lipinski definition) is 4. The average Bonchev–Trinajstić information content (AvgIpc) is 3.16. The lowest BCUT2D eigenvalue weighted by Gasteiger charge is -2.27. The Labute approximate surface area is 188 Å². The first-order chi connectivity index (χ1) is 15.6. The highest BCUT2D eigenvalue weighted by molar-refractivity contribution is 7.95. The Bertz CT molecular complexity index is 974. The van der Waals surface area contributed by atoms with E-state index in [0.717, 1.165) is 6.16 Å². The van der Waals surface area contributed by atoms with E-state index in [2.05, 4.69) is 72.8 Å². The van der Waals surface area contributed by atoms with Gasteiger partial charge in [0.05, 0.1) is 12.6 Å². The van der Waals surface area contributed by atoms with Crippen LogP contribution in [0.3, 0.4) is 0 Å². The van der Waals surface area contributed by atoms with E-state index in [9.17, 15) is 14.4 Å². The van der Waals surface area contributed by atoms with Crippen LogP contribution in [0, 0.1) is 0 Å². The molecule has 2 amide bonds. The number of nitrogens with zero attached hydrogens (tertiary/aromatic N) is 1. The molecule has 0 atom stereocenters. The lowest BCUT2D eigenvalue weighted by atomic mass is 10.3. The summed E-state index contributed by atoms with van der Waals surface area (Å²) in [5, 5.41) is 4.36. The molecule has 5 nitrogen and oxygen atoms in total. The van der Waals surface area contributed by atoms with Crippen LogP contribution in [-0.4, -0.2) is 29.0 Å². The molecule has 0 aromatic heterocycles. The number of benzene rings is 3. The van der Waals surface area contributed by atoms with Crippen molar-refractivity contribution in [3.63, 3.8) is 0 Å². The first-order valence-corrected chi connectivity index (χ1v) is 12.7. The van der Waals surface area contributed by atoms with Crippen LogP contribution in [0.2, 0.25) is 0 Å². The molecule has 162 valence electrons. The smallest absolute Gasteiger partial charge is 0.330 e. The van der Waals surface area contributed by atoms with E-state index < -0.39 is 25.0 Å². The van der Waals surface area contributed by atoms with Gasteiger partial charge in [-0.2, -0.15) is 0 Å². The highest BCUT2D eigenvalue weighted by Gasteiger charge is 2.44. The molecule has 0 aliphatic carbocycles. The topological polar surface area (TPSA) is 63.7 Å². The lowest BCUT2D eigenvalue weighted by molar-refractivity contribution is -0.197. The van der Waals surface area contributed by atoms with Crippen LogP contribution in [0.4, 0.5) is 0 Å². The van der Waals surface area contributed by atoms with E-state index >= 15 is 0 Å². The molecule has 0 spiro atoms. The quantitative estimate of drug-likeness (QED) is 0.393. The number of carbonyl (C=O) groups is 3. The second kappa shape index (κ2) is 9.88. The van der Waals surface area contributed by atoms with Gasteiger partial charge in [-0.15, -0.1) is 5.06 Å². The summed E-state index contributed by atoms with van der Waals surface area (Å²) in [5.41, 5.74) is 0. The molecule has 3 aromatic carbocycles. The van der Waals surface area contributed by atoms with E-state index in [4.69, 9.17) is 4.84 Å². The molecule has 1 saturated heterocycles. The van der Waals surface area contributed by atoms with Gasteiger partial charge in [-0.1, -0.05) is 54.6 Å². The summed E-state index contributed by atoms with van der Waals surface area (Å²) in [7, 11) is -2.02. The average molecular weight is 446 g/mol. The van der Waals surface area contributed by atoms with E-state index in [1.165, 1.54) is 15.9 Å². The molecular weight excluding hydrogens is 421 g/mol. The van der Waals surface area contributed by atoms with Gasteiger partial charge in [-0.05, 0) is 42.8 Å². The van der Waals surface area contributed by atoms with E-state index in [0.29, 0.717) is 11.5 Å². The Morgan fingerprint density at radius 2 is 1.12 bits per heavy atom. The number of hydroxylamine groups is 2. The van der Waals surface area contributed by atoms with E-state index in [-0.39, 0.29) is 19.3 Å². The van der Waals surface area contributed by atoms with Gasteiger partial charge in [-0.3, -0.25) is 9.59 Å². The molecule has 1 heterocycles. The molecule has 0 bridgehead atoms. The molecular formula is C26H25NO4P+. The zero-order valence-electron chi connectivity index (χ0n) is 17.7. The first-order valence-electron chi connectivity index (χ1n) is 10.7. The zero-order valence-corrected chi connectivity index (χ0v) is 18.6. The molecule has 3 aromatic rings. The summed E-state index contributed by atoms with van der Waals surface area (Å²) in [6.07, 6.45) is 1.66. The van der Waals surface area contributed by atoms with Gasteiger partial charge in [0.15, 0.2) is 0 Å². The van der Waals surface area contributed by atoms with Gasteiger partial charge < -0.3 is 4.84 Å². The van der Waals surface area contributed by atoms with Crippen LogP contribution in [0.1, 0.15) is 25.7 Å². The van der Waals surface area contributed by atoms with Gasteiger partial charge in [0.1, 0.15) is 23.2 Å². The zero-order chi connectivity index (χ0) is 22.4. The minimum atomic E-state index is -2.02. The third-order valence-electron chi connectivity index (χ3n) is 5.66. The van der Waals surface area contributed by atoms with Crippen molar-refractivity contribution in [1.29, 1.82) is 0 Å². The van der Waals surface area contributed by atoms with Crippen molar-refractivity contribution in [2.24, 2.45) is 0 Å². The second-order valence-electron chi connectivity index (χ2n) is 7.69. The monoisotopic (exact) mass is 446 g/mol. The first kappa shape index (κ1) is 21.9. The molecule has 0 N–H and O–H groups in total. The lowest BCUT2D eigenvalue weighted by Crippen LogP contribution is -2.34. The maximum absolute atomic E-state index is 12.4. The maximum Gasteiger partial charge on any atom is 0.333 e. The number of hydrogen-bond donors (Lipinski definition) is 0. The normalized spacial score (nSPS) is 13.9. The van der Waals surface area contributed by atoms with Crippen molar-refractivity contribution in [2.45, 2.75) is 25.7 Å². The Hall–Kier alpha value is -3.30. The largest absolute Gasteiger partial charge is 0.333 e. The highest BCUT2D eigenvalue weighted by atomic mass is 31.2. The molecule has 1 fully saturated rings. The summed E-state index contributed by atoms with van der Waals surface area (Å²) in [4.78, 5) is 41.0. The van der Waals surface area contributed by atoms with E-state index in [1.54, 1.807) is 0 Å². The predicted octanol–water partition coefficient (Wildman–Crippen LogP) is 3.37. The van der Waals surface area contributed by atoms with Crippen molar-refractivity contribution in [1.82, 2.24) is 5.06 Å². The number of imide groups is 1. The molecule has 32 heavy (non-hydrogen) atoms. The summed E-state index contributed by atoms with van der Waals surface area (Å²) >= 11 is 0. The molecule has 4 rings (SSSR count). The number of carbonyl (C=O) groups excluding carboxylic acids is 3. The standard InChI is InChI=1S/C26H25NO4P/c28-24-18-19-25(29)27(24)31-26(30)17-10-20-32(21-11-4-1-5-12-21,22-13-6-2-7-14-22)23-15-8-3-9-16-23/h1-9,11-16H,10,17-20H2/q+1. The molecule has 0 radical (unpaired) electrons. The molecule has 6 heteroatoms. The van der Waals surface area contributed by atoms with Gasteiger partial charge in [0.25, 0.3) is 11.8 Å². The Morgan fingerprint density at radius 3 is 1.53 bits per heavy atom. The maximum atomic E-state index is 12.4. The number of rotatable bonds is 8. The SMILES string of the molecule is O=C(CCC[P+](c1ccccc1)(c1ccccc1)c1ccccc1)ON1C(=O)CCC1=O. The Kier molecular flexibility index (Phi) is 6.77. The Balaban J connectivity index is 1.62. The summed E-state index contributed by atoms with van der Waals surface area (Å²) < 4.78 is 0.